The van der Waals surface area contributed by atoms with Gasteiger partial charge in [-0.15, -0.1) is 0 Å². The molecule has 0 amide bonds. The van der Waals surface area contributed by atoms with Crippen LogP contribution in [0.4, 0.5) is 0 Å². The standard InChI is InChI=1S/C11H17O4P/c1-3-11(4-2,15-16(12,13)14)10-8-6-5-7-9-10/h5-9H,3-4H2,1-2H3,(H2,12,13,14). The summed E-state index contributed by atoms with van der Waals surface area (Å²) in [5.41, 5.74) is -0.108. The monoisotopic (exact) mass is 244 g/mol. The summed E-state index contributed by atoms with van der Waals surface area (Å²) >= 11 is 0. The van der Waals surface area contributed by atoms with Crippen LogP contribution in [0.25, 0.3) is 0 Å². The molecule has 0 fully saturated rings. The van der Waals surface area contributed by atoms with Gasteiger partial charge in [-0.05, 0) is 18.4 Å². The van der Waals surface area contributed by atoms with Crippen molar-refractivity contribution in [2.45, 2.75) is 32.3 Å². The summed E-state index contributed by atoms with van der Waals surface area (Å²) in [6.07, 6.45) is 1.03. The molecular formula is C11H17O4P. The highest BCUT2D eigenvalue weighted by atomic mass is 31.2. The Morgan fingerprint density at radius 2 is 1.69 bits per heavy atom. The van der Waals surface area contributed by atoms with E-state index >= 15 is 0 Å². The zero-order valence-corrected chi connectivity index (χ0v) is 10.4. The quantitative estimate of drug-likeness (QED) is 0.781. The third kappa shape index (κ3) is 3.16. The van der Waals surface area contributed by atoms with E-state index in [0.717, 1.165) is 5.56 Å². The van der Waals surface area contributed by atoms with Crippen molar-refractivity contribution in [3.8, 4) is 0 Å². The van der Waals surface area contributed by atoms with E-state index in [1.807, 2.05) is 44.2 Å². The third-order valence-corrected chi connectivity index (χ3v) is 3.32. The predicted molar refractivity (Wildman–Crippen MR) is 61.8 cm³/mol. The minimum Gasteiger partial charge on any atom is -0.303 e. The Bertz CT molecular complexity index is 367. The average Bonchev–Trinajstić information content (AvgIpc) is 2.26. The number of benzene rings is 1. The van der Waals surface area contributed by atoms with E-state index in [9.17, 15) is 4.57 Å². The number of hydrogen-bond donors (Lipinski definition) is 2. The topological polar surface area (TPSA) is 66.8 Å². The molecule has 1 rings (SSSR count). The molecule has 0 spiro atoms. The Morgan fingerprint density at radius 3 is 2.06 bits per heavy atom. The Kier molecular flexibility index (Phi) is 4.28. The first-order valence-electron chi connectivity index (χ1n) is 5.25. The summed E-state index contributed by atoms with van der Waals surface area (Å²) in [5, 5.41) is 0. The zero-order chi connectivity index (χ0) is 12.2. The van der Waals surface area contributed by atoms with Crippen molar-refractivity contribution in [2.75, 3.05) is 0 Å². The van der Waals surface area contributed by atoms with Gasteiger partial charge in [-0.25, -0.2) is 4.57 Å². The summed E-state index contributed by atoms with van der Waals surface area (Å²) in [7, 11) is -4.49. The van der Waals surface area contributed by atoms with E-state index in [1.54, 1.807) is 0 Å². The molecular weight excluding hydrogens is 227 g/mol. The van der Waals surface area contributed by atoms with Crippen LogP contribution in [0, 0.1) is 0 Å². The molecule has 0 heterocycles. The highest BCUT2D eigenvalue weighted by Crippen LogP contribution is 2.48. The maximum atomic E-state index is 11.0. The molecule has 0 atom stereocenters. The van der Waals surface area contributed by atoms with Gasteiger partial charge in [-0.1, -0.05) is 44.2 Å². The Hall–Kier alpha value is -0.670. The Balaban J connectivity index is 3.11. The minimum atomic E-state index is -4.49. The number of phosphoric acid groups is 1. The number of hydrogen-bond acceptors (Lipinski definition) is 2. The van der Waals surface area contributed by atoms with E-state index in [1.165, 1.54) is 0 Å². The second-order valence-electron chi connectivity index (χ2n) is 3.65. The highest BCUT2D eigenvalue weighted by molar-refractivity contribution is 7.46. The van der Waals surface area contributed by atoms with Crippen LogP contribution < -0.4 is 0 Å². The number of rotatable bonds is 5. The van der Waals surface area contributed by atoms with E-state index in [2.05, 4.69) is 0 Å². The van der Waals surface area contributed by atoms with Crippen LogP contribution >= 0.6 is 7.82 Å². The lowest BCUT2D eigenvalue weighted by Crippen LogP contribution is -2.27. The largest absolute Gasteiger partial charge is 0.470 e. The van der Waals surface area contributed by atoms with Gasteiger partial charge < -0.3 is 9.79 Å². The van der Waals surface area contributed by atoms with Crippen molar-refractivity contribution >= 4 is 7.82 Å². The van der Waals surface area contributed by atoms with Gasteiger partial charge in [0.15, 0.2) is 0 Å². The van der Waals surface area contributed by atoms with Gasteiger partial charge in [-0.2, -0.15) is 0 Å². The van der Waals surface area contributed by atoms with Crippen LogP contribution in [-0.2, 0) is 14.7 Å². The van der Waals surface area contributed by atoms with E-state index < -0.39 is 13.4 Å². The lowest BCUT2D eigenvalue weighted by Gasteiger charge is -2.32. The Labute approximate surface area is 95.5 Å². The summed E-state index contributed by atoms with van der Waals surface area (Å²) in [6.45, 7) is 3.71. The molecule has 16 heavy (non-hydrogen) atoms. The average molecular weight is 244 g/mol. The van der Waals surface area contributed by atoms with Crippen LogP contribution in [0.1, 0.15) is 32.3 Å². The molecule has 1 aromatic carbocycles. The van der Waals surface area contributed by atoms with Crippen molar-refractivity contribution in [1.29, 1.82) is 0 Å². The number of phosphoric ester groups is 1. The van der Waals surface area contributed by atoms with Crippen LogP contribution in [0.2, 0.25) is 0 Å². The first-order valence-corrected chi connectivity index (χ1v) is 6.78. The maximum Gasteiger partial charge on any atom is 0.470 e. The smallest absolute Gasteiger partial charge is 0.303 e. The van der Waals surface area contributed by atoms with Gasteiger partial charge in [0.1, 0.15) is 5.60 Å². The van der Waals surface area contributed by atoms with Gasteiger partial charge >= 0.3 is 7.82 Å². The van der Waals surface area contributed by atoms with Crippen LogP contribution in [-0.4, -0.2) is 9.79 Å². The first-order chi connectivity index (χ1) is 7.43. The molecule has 5 heteroatoms. The fraction of sp³-hybridized carbons (Fsp3) is 0.455. The van der Waals surface area contributed by atoms with Crippen LogP contribution in [0.3, 0.4) is 0 Å². The van der Waals surface area contributed by atoms with E-state index in [0.29, 0.717) is 12.8 Å². The summed E-state index contributed by atoms with van der Waals surface area (Å²) in [6, 6.07) is 9.17. The molecule has 2 N–H and O–H groups in total. The van der Waals surface area contributed by atoms with Crippen molar-refractivity contribution in [3.05, 3.63) is 35.9 Å². The van der Waals surface area contributed by atoms with Gasteiger partial charge in [0.25, 0.3) is 0 Å². The third-order valence-electron chi connectivity index (χ3n) is 2.74. The first kappa shape index (κ1) is 13.4. The second kappa shape index (κ2) is 5.11. The summed E-state index contributed by atoms with van der Waals surface area (Å²) in [4.78, 5) is 17.9. The highest BCUT2D eigenvalue weighted by Gasteiger charge is 2.36. The lowest BCUT2D eigenvalue weighted by molar-refractivity contribution is 0.0231. The van der Waals surface area contributed by atoms with E-state index in [4.69, 9.17) is 14.3 Å². The van der Waals surface area contributed by atoms with Crippen molar-refractivity contribution < 1.29 is 18.9 Å². The summed E-state index contributed by atoms with van der Waals surface area (Å²) in [5.74, 6) is 0. The molecule has 0 unspecified atom stereocenters. The molecule has 4 nitrogen and oxygen atoms in total. The molecule has 0 aliphatic carbocycles. The van der Waals surface area contributed by atoms with Crippen molar-refractivity contribution in [1.82, 2.24) is 0 Å². The van der Waals surface area contributed by atoms with Gasteiger partial charge in [0.2, 0.25) is 0 Å². The fourth-order valence-electron chi connectivity index (χ4n) is 1.81. The maximum absolute atomic E-state index is 11.0. The normalized spacial score (nSPS) is 12.8. The molecule has 90 valence electrons. The lowest BCUT2D eigenvalue weighted by atomic mass is 9.89. The molecule has 0 aliphatic heterocycles. The molecule has 0 saturated carbocycles. The molecule has 0 bridgehead atoms. The van der Waals surface area contributed by atoms with Crippen molar-refractivity contribution in [3.63, 3.8) is 0 Å². The molecule has 0 aliphatic rings. The SMILES string of the molecule is CCC(CC)(OP(=O)(O)O)c1ccccc1. The second-order valence-corrected chi connectivity index (χ2v) is 4.81. The van der Waals surface area contributed by atoms with Gasteiger partial charge in [0.05, 0.1) is 0 Å². The fourth-order valence-corrected chi connectivity index (χ4v) is 2.63. The van der Waals surface area contributed by atoms with Crippen LogP contribution in [0.15, 0.2) is 30.3 Å². The predicted octanol–water partition coefficient (Wildman–Crippen LogP) is 2.81. The minimum absolute atomic E-state index is 0.513. The molecule has 0 aromatic heterocycles. The van der Waals surface area contributed by atoms with Gasteiger partial charge in [0, 0.05) is 0 Å². The molecule has 1 aromatic rings. The van der Waals surface area contributed by atoms with E-state index in [-0.39, 0.29) is 0 Å². The molecule has 0 radical (unpaired) electrons. The Morgan fingerprint density at radius 1 is 1.19 bits per heavy atom. The zero-order valence-electron chi connectivity index (χ0n) is 9.46. The van der Waals surface area contributed by atoms with Gasteiger partial charge in [-0.3, -0.25) is 4.52 Å². The molecule has 0 saturated heterocycles. The van der Waals surface area contributed by atoms with Crippen LogP contribution in [0.5, 0.6) is 0 Å². The summed E-state index contributed by atoms with van der Waals surface area (Å²) < 4.78 is 16.0. The van der Waals surface area contributed by atoms with Crippen molar-refractivity contribution in [2.24, 2.45) is 0 Å².